The lowest BCUT2D eigenvalue weighted by atomic mass is 10.1. The van der Waals surface area contributed by atoms with Gasteiger partial charge in [-0.2, -0.15) is 0 Å². The number of hydrogen-bond acceptors (Lipinski definition) is 1. The number of carbonyl (C=O) groups is 1. The van der Waals surface area contributed by atoms with Crippen molar-refractivity contribution >= 4 is 5.91 Å². The number of hydrogen-bond donors (Lipinski definition) is 0. The Bertz CT molecular complexity index is 226. The Labute approximate surface area is 80.3 Å². The van der Waals surface area contributed by atoms with Crippen LogP contribution >= 0.6 is 0 Å². The van der Waals surface area contributed by atoms with E-state index in [-0.39, 0.29) is 0 Å². The molecule has 2 fully saturated rings. The normalized spacial score (nSPS) is 41.9. The van der Waals surface area contributed by atoms with Gasteiger partial charge in [0, 0.05) is 18.5 Å². The quantitative estimate of drug-likeness (QED) is 0.638. The van der Waals surface area contributed by atoms with Gasteiger partial charge in [0.1, 0.15) is 0 Å². The van der Waals surface area contributed by atoms with Crippen LogP contribution in [0.4, 0.5) is 0 Å². The van der Waals surface area contributed by atoms with Crippen molar-refractivity contribution < 1.29 is 4.79 Å². The van der Waals surface area contributed by atoms with Gasteiger partial charge in [0.05, 0.1) is 0 Å². The van der Waals surface area contributed by atoms with Gasteiger partial charge < -0.3 is 4.90 Å². The topological polar surface area (TPSA) is 20.3 Å². The lowest BCUT2D eigenvalue weighted by Gasteiger charge is -2.25. The highest BCUT2D eigenvalue weighted by atomic mass is 16.2. The number of nitrogens with zero attached hydrogens (tertiary/aromatic N) is 1. The molecule has 74 valence electrons. The summed E-state index contributed by atoms with van der Waals surface area (Å²) in [4.78, 5) is 13.9. The van der Waals surface area contributed by atoms with Gasteiger partial charge in [-0.15, -0.1) is 0 Å². The van der Waals surface area contributed by atoms with Gasteiger partial charge >= 0.3 is 0 Å². The van der Waals surface area contributed by atoms with Crippen LogP contribution in [0.1, 0.15) is 40.0 Å². The van der Waals surface area contributed by atoms with Gasteiger partial charge in [0.25, 0.3) is 0 Å². The number of rotatable bonds is 2. The second-order valence-electron chi connectivity index (χ2n) is 4.65. The zero-order valence-electron chi connectivity index (χ0n) is 8.79. The first-order chi connectivity index (χ1) is 6.16. The molecular formula is C11H19NO. The highest BCUT2D eigenvalue weighted by Gasteiger charge is 2.58. The summed E-state index contributed by atoms with van der Waals surface area (Å²) >= 11 is 0. The second kappa shape index (κ2) is 3.00. The fourth-order valence-corrected chi connectivity index (χ4v) is 2.89. The van der Waals surface area contributed by atoms with E-state index in [1.54, 1.807) is 0 Å². The van der Waals surface area contributed by atoms with Crippen LogP contribution in [0.5, 0.6) is 0 Å². The van der Waals surface area contributed by atoms with Crippen LogP contribution in [0.25, 0.3) is 0 Å². The molecule has 4 atom stereocenters. The molecule has 2 nitrogen and oxygen atoms in total. The van der Waals surface area contributed by atoms with Crippen LogP contribution in [0, 0.1) is 11.8 Å². The van der Waals surface area contributed by atoms with Crippen LogP contribution in [0.15, 0.2) is 0 Å². The van der Waals surface area contributed by atoms with E-state index in [1.165, 1.54) is 6.42 Å². The number of piperidine rings is 1. The van der Waals surface area contributed by atoms with E-state index in [9.17, 15) is 4.79 Å². The fourth-order valence-electron chi connectivity index (χ4n) is 2.89. The van der Waals surface area contributed by atoms with Gasteiger partial charge in [0.15, 0.2) is 0 Å². The summed E-state index contributed by atoms with van der Waals surface area (Å²) < 4.78 is 0. The highest BCUT2D eigenvalue weighted by molar-refractivity contribution is 5.77. The average Bonchev–Trinajstić information content (AvgIpc) is 2.58. The summed E-state index contributed by atoms with van der Waals surface area (Å²) in [6.45, 7) is 6.53. The second-order valence-corrected chi connectivity index (χ2v) is 4.65. The summed E-state index contributed by atoms with van der Waals surface area (Å²) in [6.07, 6.45) is 2.95. The minimum absolute atomic E-state index is 0.381. The Balaban J connectivity index is 2.01. The van der Waals surface area contributed by atoms with E-state index in [4.69, 9.17) is 0 Å². The molecule has 0 N–H and O–H groups in total. The Hall–Kier alpha value is -0.530. The van der Waals surface area contributed by atoms with Crippen molar-refractivity contribution in [3.8, 4) is 0 Å². The molecule has 0 aromatic carbocycles. The van der Waals surface area contributed by atoms with E-state index in [0.29, 0.717) is 18.0 Å². The smallest absolute Gasteiger partial charge is 0.223 e. The van der Waals surface area contributed by atoms with Crippen molar-refractivity contribution in [2.75, 3.05) is 0 Å². The lowest BCUT2D eigenvalue weighted by Crippen LogP contribution is -2.37. The molecule has 0 aromatic rings. The highest BCUT2D eigenvalue weighted by Crippen LogP contribution is 2.53. The minimum Gasteiger partial charge on any atom is -0.336 e. The summed E-state index contributed by atoms with van der Waals surface area (Å²) in [5, 5.41) is 0. The molecule has 0 unspecified atom stereocenters. The monoisotopic (exact) mass is 181 g/mol. The van der Waals surface area contributed by atoms with Gasteiger partial charge in [-0.05, 0) is 31.6 Å². The molecule has 0 aromatic heterocycles. The molecule has 1 saturated heterocycles. The SMILES string of the molecule is CCCC(=O)N1[C@@H]2[C@H](C)[C@@H]2C[C@H]1C. The molecule has 1 aliphatic carbocycles. The third kappa shape index (κ3) is 1.27. The van der Waals surface area contributed by atoms with Crippen LogP contribution in [-0.4, -0.2) is 22.9 Å². The Morgan fingerprint density at radius 1 is 1.46 bits per heavy atom. The van der Waals surface area contributed by atoms with Gasteiger partial charge in [-0.3, -0.25) is 4.79 Å². The van der Waals surface area contributed by atoms with Crippen LogP contribution in [-0.2, 0) is 4.79 Å². The molecule has 1 amide bonds. The molecule has 0 bridgehead atoms. The van der Waals surface area contributed by atoms with Crippen molar-refractivity contribution in [1.82, 2.24) is 4.90 Å². The van der Waals surface area contributed by atoms with E-state index >= 15 is 0 Å². The predicted octanol–water partition coefficient (Wildman–Crippen LogP) is 2.04. The van der Waals surface area contributed by atoms with E-state index < -0.39 is 0 Å². The molecule has 1 saturated carbocycles. The molecule has 0 spiro atoms. The van der Waals surface area contributed by atoms with Gasteiger partial charge in [0.2, 0.25) is 5.91 Å². The third-order valence-electron chi connectivity index (χ3n) is 3.67. The first-order valence-corrected chi connectivity index (χ1v) is 5.48. The zero-order valence-corrected chi connectivity index (χ0v) is 8.79. The number of fused-ring (bicyclic) bond motifs is 1. The third-order valence-corrected chi connectivity index (χ3v) is 3.67. The average molecular weight is 181 g/mol. The molecule has 2 heteroatoms. The van der Waals surface area contributed by atoms with Crippen molar-refractivity contribution in [3.63, 3.8) is 0 Å². The standard InChI is InChI=1S/C11H19NO/c1-4-5-10(13)12-7(2)6-9-8(3)11(9)12/h7-9,11H,4-6H2,1-3H3/t7-,8-,9+,11-/m1/s1. The van der Waals surface area contributed by atoms with E-state index in [2.05, 4.69) is 25.7 Å². The van der Waals surface area contributed by atoms with Crippen molar-refractivity contribution in [2.24, 2.45) is 11.8 Å². The van der Waals surface area contributed by atoms with Gasteiger partial charge in [-0.25, -0.2) is 0 Å². The minimum atomic E-state index is 0.381. The van der Waals surface area contributed by atoms with Crippen LogP contribution in [0.2, 0.25) is 0 Å². The van der Waals surface area contributed by atoms with Crippen LogP contribution in [0.3, 0.4) is 0 Å². The van der Waals surface area contributed by atoms with E-state index in [0.717, 1.165) is 24.7 Å². The lowest BCUT2D eigenvalue weighted by molar-refractivity contribution is -0.133. The maximum Gasteiger partial charge on any atom is 0.223 e. The Kier molecular flexibility index (Phi) is 2.09. The maximum absolute atomic E-state index is 11.8. The summed E-state index contributed by atoms with van der Waals surface area (Å²) in [7, 11) is 0. The molecule has 0 radical (unpaired) electrons. The Morgan fingerprint density at radius 2 is 2.15 bits per heavy atom. The first-order valence-electron chi connectivity index (χ1n) is 5.48. The molecule has 13 heavy (non-hydrogen) atoms. The molecule has 1 aliphatic heterocycles. The Morgan fingerprint density at radius 3 is 2.69 bits per heavy atom. The molecule has 1 heterocycles. The summed E-state index contributed by atoms with van der Waals surface area (Å²) in [6, 6.07) is 1.11. The van der Waals surface area contributed by atoms with Crippen molar-refractivity contribution in [2.45, 2.75) is 52.1 Å². The van der Waals surface area contributed by atoms with Gasteiger partial charge in [-0.1, -0.05) is 13.8 Å². The molecule has 2 aliphatic rings. The zero-order chi connectivity index (χ0) is 9.59. The van der Waals surface area contributed by atoms with E-state index in [1.807, 2.05) is 0 Å². The van der Waals surface area contributed by atoms with Crippen LogP contribution < -0.4 is 0 Å². The summed E-state index contributed by atoms with van der Waals surface area (Å²) in [5.74, 6) is 1.99. The first kappa shape index (κ1) is 9.04. The number of amides is 1. The van der Waals surface area contributed by atoms with Crippen molar-refractivity contribution in [1.29, 1.82) is 0 Å². The largest absolute Gasteiger partial charge is 0.336 e. The maximum atomic E-state index is 11.8. The predicted molar refractivity (Wildman–Crippen MR) is 52.3 cm³/mol. The molecule has 2 rings (SSSR count). The fraction of sp³-hybridized carbons (Fsp3) is 0.909. The van der Waals surface area contributed by atoms with Crippen molar-refractivity contribution in [3.05, 3.63) is 0 Å². The molecular weight excluding hydrogens is 162 g/mol. The number of likely N-dealkylation sites (tertiary alicyclic amines) is 1. The summed E-state index contributed by atoms with van der Waals surface area (Å²) in [5.41, 5.74) is 0. The number of carbonyl (C=O) groups excluding carboxylic acids is 1.